The zero-order chi connectivity index (χ0) is 19.2. The number of primary amides is 1. The van der Waals surface area contributed by atoms with Crippen molar-refractivity contribution in [1.29, 1.82) is 0 Å². The van der Waals surface area contributed by atoms with E-state index in [0.717, 1.165) is 6.42 Å². The van der Waals surface area contributed by atoms with Crippen LogP contribution in [0.4, 0.5) is 0 Å². The molecule has 0 aliphatic heterocycles. The Morgan fingerprint density at radius 1 is 1.20 bits per heavy atom. The number of nitrogens with zero attached hydrogens (tertiary/aromatic N) is 1. The summed E-state index contributed by atoms with van der Waals surface area (Å²) in [7, 11) is 1.24. The molecule has 0 aliphatic rings. The number of hydrogen-bond donors (Lipinski definition) is 5. The Hall–Kier alpha value is -2.36. The molecule has 2 amide bonds. The average molecular weight is 358 g/mol. The van der Waals surface area contributed by atoms with Crippen molar-refractivity contribution in [3.63, 3.8) is 0 Å². The number of nitrogens with two attached hydrogens (primary N) is 3. The molecule has 10 heteroatoms. The molecule has 0 radical (unpaired) electrons. The third-order valence-electron chi connectivity index (χ3n) is 3.32. The maximum absolute atomic E-state index is 12.0. The van der Waals surface area contributed by atoms with Gasteiger partial charge in [0.25, 0.3) is 0 Å². The van der Waals surface area contributed by atoms with Gasteiger partial charge in [-0.1, -0.05) is 6.92 Å². The van der Waals surface area contributed by atoms with Gasteiger partial charge in [0.1, 0.15) is 6.04 Å². The number of carbonyl (C=O) groups excluding carboxylic acids is 3. The molecule has 25 heavy (non-hydrogen) atoms. The summed E-state index contributed by atoms with van der Waals surface area (Å²) >= 11 is 0. The van der Waals surface area contributed by atoms with E-state index in [1.807, 2.05) is 6.92 Å². The highest BCUT2D eigenvalue weighted by Crippen LogP contribution is 2.02. The van der Waals surface area contributed by atoms with Crippen LogP contribution in [0.5, 0.6) is 0 Å². The summed E-state index contributed by atoms with van der Waals surface area (Å²) in [5.74, 6) is -1.30. The number of nitrogens with one attached hydrogen (secondary N) is 2. The van der Waals surface area contributed by atoms with Crippen molar-refractivity contribution in [3.05, 3.63) is 0 Å². The first kappa shape index (κ1) is 22.6. The molecule has 0 unspecified atom stereocenters. The van der Waals surface area contributed by atoms with E-state index < -0.39 is 29.9 Å². The minimum absolute atomic E-state index is 0.00221. The Kier molecular flexibility index (Phi) is 11.8. The maximum Gasteiger partial charge on any atom is 0.328 e. The van der Waals surface area contributed by atoms with Crippen LogP contribution < -0.4 is 27.8 Å². The summed E-state index contributed by atoms with van der Waals surface area (Å²) in [6.07, 6.45) is 1.90. The minimum Gasteiger partial charge on any atom is -0.467 e. The number of aliphatic imine (C=N–C) groups is 1. The lowest BCUT2D eigenvalue weighted by Crippen LogP contribution is -2.49. The number of hydrogen-bond acceptors (Lipinski definition) is 6. The minimum atomic E-state index is -0.922. The van der Waals surface area contributed by atoms with Gasteiger partial charge in [-0.15, -0.1) is 0 Å². The molecule has 0 spiro atoms. The van der Waals surface area contributed by atoms with E-state index in [9.17, 15) is 14.4 Å². The normalized spacial score (nSPS) is 13.6. The van der Waals surface area contributed by atoms with Crippen molar-refractivity contribution in [3.8, 4) is 0 Å². The van der Waals surface area contributed by atoms with Gasteiger partial charge in [0, 0.05) is 19.5 Å². The summed E-state index contributed by atoms with van der Waals surface area (Å²) in [4.78, 5) is 38.6. The van der Waals surface area contributed by atoms with E-state index in [-0.39, 0.29) is 12.8 Å². The number of rotatable bonds is 12. The fourth-order valence-electron chi connectivity index (χ4n) is 1.91. The molecule has 0 saturated carbocycles. The summed E-state index contributed by atoms with van der Waals surface area (Å²) in [6, 6.07) is -1.75. The molecule has 8 N–H and O–H groups in total. The quantitative estimate of drug-likeness (QED) is 0.120. The van der Waals surface area contributed by atoms with E-state index in [0.29, 0.717) is 31.9 Å². The van der Waals surface area contributed by atoms with Gasteiger partial charge in [-0.05, 0) is 25.7 Å². The van der Waals surface area contributed by atoms with Crippen LogP contribution in [0.15, 0.2) is 4.99 Å². The summed E-state index contributed by atoms with van der Waals surface area (Å²) in [5.41, 5.74) is 16.4. The average Bonchev–Trinajstić information content (AvgIpc) is 2.59. The molecule has 0 fully saturated rings. The molecule has 0 aromatic rings. The van der Waals surface area contributed by atoms with Crippen LogP contribution in [-0.2, 0) is 19.1 Å². The number of esters is 1. The van der Waals surface area contributed by atoms with Crippen molar-refractivity contribution in [2.75, 3.05) is 20.2 Å². The topological polar surface area (TPSA) is 175 Å². The third kappa shape index (κ3) is 10.9. The first-order valence-corrected chi connectivity index (χ1v) is 8.27. The maximum atomic E-state index is 12.0. The van der Waals surface area contributed by atoms with E-state index in [1.165, 1.54) is 7.11 Å². The van der Waals surface area contributed by atoms with E-state index in [2.05, 4.69) is 20.4 Å². The van der Waals surface area contributed by atoms with Crippen LogP contribution in [0.1, 0.15) is 39.0 Å². The Labute approximate surface area is 147 Å². The molecule has 0 saturated heterocycles. The highest BCUT2D eigenvalue weighted by atomic mass is 16.5. The van der Waals surface area contributed by atoms with Gasteiger partial charge in [0.15, 0.2) is 5.96 Å². The van der Waals surface area contributed by atoms with Gasteiger partial charge in [-0.3, -0.25) is 14.6 Å². The molecule has 0 aromatic heterocycles. The van der Waals surface area contributed by atoms with E-state index in [1.54, 1.807) is 0 Å². The molecular formula is C15H30N6O4. The first-order valence-electron chi connectivity index (χ1n) is 8.27. The van der Waals surface area contributed by atoms with Gasteiger partial charge < -0.3 is 32.6 Å². The van der Waals surface area contributed by atoms with Gasteiger partial charge in [0.05, 0.1) is 13.2 Å². The predicted molar refractivity (Wildman–Crippen MR) is 94.4 cm³/mol. The summed E-state index contributed by atoms with van der Waals surface area (Å²) in [6.45, 7) is 3.13. The zero-order valence-electron chi connectivity index (χ0n) is 14.9. The molecule has 144 valence electrons. The number of amides is 2. The standard InChI is InChI=1S/C15H30N6O4/c1-3-8-19-15(18)20-9-4-5-11(14(24)25-2)21-13(23)10(16)6-7-12(17)22/h10-11H,3-9,16H2,1-2H3,(H2,17,22)(H,21,23)(H3,18,19,20)/t10-,11-/m0/s1. The molecule has 0 aliphatic carbocycles. The molecular weight excluding hydrogens is 328 g/mol. The van der Waals surface area contributed by atoms with Gasteiger partial charge >= 0.3 is 5.97 Å². The van der Waals surface area contributed by atoms with Crippen LogP contribution in [0.25, 0.3) is 0 Å². The van der Waals surface area contributed by atoms with Crippen molar-refractivity contribution in [2.24, 2.45) is 22.2 Å². The number of ether oxygens (including phenoxy) is 1. The summed E-state index contributed by atoms with van der Waals surface area (Å²) in [5, 5.41) is 5.46. The van der Waals surface area contributed by atoms with Crippen LogP contribution >= 0.6 is 0 Å². The predicted octanol–water partition coefficient (Wildman–Crippen LogP) is -1.67. The highest BCUT2D eigenvalue weighted by molar-refractivity contribution is 5.87. The second-order valence-corrected chi connectivity index (χ2v) is 5.53. The molecule has 10 nitrogen and oxygen atoms in total. The monoisotopic (exact) mass is 358 g/mol. The number of carbonyl (C=O) groups is 3. The lowest BCUT2D eigenvalue weighted by Gasteiger charge is -2.19. The largest absolute Gasteiger partial charge is 0.467 e. The third-order valence-corrected chi connectivity index (χ3v) is 3.32. The lowest BCUT2D eigenvalue weighted by atomic mass is 10.1. The molecule has 2 atom stereocenters. The zero-order valence-corrected chi connectivity index (χ0v) is 14.9. The van der Waals surface area contributed by atoms with Crippen LogP contribution in [0.3, 0.4) is 0 Å². The van der Waals surface area contributed by atoms with Crippen molar-refractivity contribution in [1.82, 2.24) is 10.6 Å². The van der Waals surface area contributed by atoms with Gasteiger partial charge in [-0.2, -0.15) is 0 Å². The summed E-state index contributed by atoms with van der Waals surface area (Å²) < 4.78 is 4.69. The van der Waals surface area contributed by atoms with Gasteiger partial charge in [-0.25, -0.2) is 4.79 Å². The van der Waals surface area contributed by atoms with E-state index >= 15 is 0 Å². The van der Waals surface area contributed by atoms with Crippen molar-refractivity contribution in [2.45, 2.75) is 51.1 Å². The van der Waals surface area contributed by atoms with Gasteiger partial charge in [0.2, 0.25) is 11.8 Å². The van der Waals surface area contributed by atoms with Crippen LogP contribution in [0.2, 0.25) is 0 Å². The van der Waals surface area contributed by atoms with Crippen molar-refractivity contribution < 1.29 is 19.1 Å². The Bertz CT molecular complexity index is 469. The Morgan fingerprint density at radius 3 is 2.44 bits per heavy atom. The first-order chi connectivity index (χ1) is 11.8. The SMILES string of the molecule is CCCN=C(N)NCCC[C@H](NC(=O)[C@@H](N)CCC(N)=O)C(=O)OC. The van der Waals surface area contributed by atoms with Crippen LogP contribution in [0, 0.1) is 0 Å². The molecule has 0 aromatic carbocycles. The fraction of sp³-hybridized carbons (Fsp3) is 0.733. The molecule has 0 rings (SSSR count). The lowest BCUT2D eigenvalue weighted by molar-refractivity contribution is -0.145. The molecule has 0 heterocycles. The number of methoxy groups -OCH3 is 1. The number of guanidine groups is 1. The molecule has 0 bridgehead atoms. The smallest absolute Gasteiger partial charge is 0.328 e. The van der Waals surface area contributed by atoms with Crippen LogP contribution in [-0.4, -0.2) is 56.0 Å². The Morgan fingerprint density at radius 2 is 1.88 bits per heavy atom. The highest BCUT2D eigenvalue weighted by Gasteiger charge is 2.24. The Balaban J connectivity index is 4.39. The fourth-order valence-corrected chi connectivity index (χ4v) is 1.91. The second-order valence-electron chi connectivity index (χ2n) is 5.53. The second kappa shape index (κ2) is 13.0. The van der Waals surface area contributed by atoms with E-state index in [4.69, 9.17) is 17.2 Å². The van der Waals surface area contributed by atoms with Crippen molar-refractivity contribution >= 4 is 23.7 Å².